The minimum Gasteiger partial charge on any atom is -0.269 e. The van der Waals surface area contributed by atoms with Crippen LogP contribution in [0.4, 0.5) is 0 Å². The van der Waals surface area contributed by atoms with Crippen molar-refractivity contribution in [2.45, 2.75) is 45.1 Å². The van der Waals surface area contributed by atoms with Gasteiger partial charge in [-0.05, 0) is 30.9 Å². The van der Waals surface area contributed by atoms with Crippen molar-refractivity contribution in [1.82, 2.24) is 9.78 Å². The van der Waals surface area contributed by atoms with Crippen molar-refractivity contribution in [3.8, 4) is 0 Å². The van der Waals surface area contributed by atoms with E-state index in [0.29, 0.717) is 17.8 Å². The van der Waals surface area contributed by atoms with Gasteiger partial charge in [-0.3, -0.25) is 4.68 Å². The van der Waals surface area contributed by atoms with Crippen molar-refractivity contribution in [3.63, 3.8) is 0 Å². The van der Waals surface area contributed by atoms with Crippen molar-refractivity contribution in [3.05, 3.63) is 53.9 Å². The van der Waals surface area contributed by atoms with Crippen LogP contribution < -0.4 is 0 Å². The van der Waals surface area contributed by atoms with Gasteiger partial charge in [-0.1, -0.05) is 44.2 Å². The number of halogens is 1. The molecule has 108 valence electrons. The molecular weight excluding hydrogens is 268 g/mol. The van der Waals surface area contributed by atoms with Crippen LogP contribution in [0.5, 0.6) is 0 Å². The molecule has 3 heteroatoms. The standard InChI is InChI=1S/C17H23ClN2/c1-3-17(4-2)20-11-10-16(19-20)12-15(13-18)14-8-6-5-7-9-14/h5-11,15,17H,3-4,12-13H2,1-2H3. The lowest BCUT2D eigenvalue weighted by Crippen LogP contribution is -2.09. The Morgan fingerprint density at radius 1 is 1.10 bits per heavy atom. The highest BCUT2D eigenvalue weighted by atomic mass is 35.5. The number of alkyl halides is 1. The predicted octanol–water partition coefficient (Wildman–Crippen LogP) is 4.81. The van der Waals surface area contributed by atoms with Gasteiger partial charge in [-0.25, -0.2) is 0 Å². The molecule has 0 radical (unpaired) electrons. The first-order valence-corrected chi connectivity index (χ1v) is 7.96. The number of hydrogen-bond acceptors (Lipinski definition) is 1. The molecule has 1 atom stereocenters. The van der Waals surface area contributed by atoms with Crippen LogP contribution in [0.3, 0.4) is 0 Å². The molecule has 0 fully saturated rings. The molecule has 0 aliphatic rings. The summed E-state index contributed by atoms with van der Waals surface area (Å²) in [4.78, 5) is 0. The SMILES string of the molecule is CCC(CC)n1ccc(CC(CCl)c2ccccc2)n1. The first kappa shape index (κ1) is 15.1. The molecule has 0 spiro atoms. The zero-order chi connectivity index (χ0) is 14.4. The molecule has 2 nitrogen and oxygen atoms in total. The van der Waals surface area contributed by atoms with E-state index in [-0.39, 0.29) is 0 Å². The maximum absolute atomic E-state index is 6.14. The van der Waals surface area contributed by atoms with Crippen LogP contribution in [-0.2, 0) is 6.42 Å². The van der Waals surface area contributed by atoms with Gasteiger partial charge < -0.3 is 0 Å². The molecule has 2 aromatic rings. The molecule has 1 heterocycles. The van der Waals surface area contributed by atoms with Crippen LogP contribution in [0.25, 0.3) is 0 Å². The summed E-state index contributed by atoms with van der Waals surface area (Å²) in [5.41, 5.74) is 2.42. The highest BCUT2D eigenvalue weighted by Gasteiger charge is 2.14. The van der Waals surface area contributed by atoms with E-state index in [0.717, 1.165) is 25.0 Å². The Hall–Kier alpha value is -1.28. The number of aromatic nitrogens is 2. The Balaban J connectivity index is 2.09. The second-order valence-corrected chi connectivity index (χ2v) is 5.53. The first-order chi connectivity index (χ1) is 9.78. The predicted molar refractivity (Wildman–Crippen MR) is 85.5 cm³/mol. The van der Waals surface area contributed by atoms with E-state index < -0.39 is 0 Å². The topological polar surface area (TPSA) is 17.8 Å². The van der Waals surface area contributed by atoms with Crippen molar-refractivity contribution < 1.29 is 0 Å². The lowest BCUT2D eigenvalue weighted by Gasteiger charge is -2.14. The molecule has 1 aromatic carbocycles. The minimum absolute atomic E-state index is 0.336. The third-order valence-electron chi connectivity index (χ3n) is 3.89. The molecule has 0 bridgehead atoms. The molecular formula is C17H23ClN2. The largest absolute Gasteiger partial charge is 0.269 e. The lowest BCUT2D eigenvalue weighted by molar-refractivity contribution is 0.424. The fraction of sp³-hybridized carbons (Fsp3) is 0.471. The average Bonchev–Trinajstić information content (AvgIpc) is 2.95. The Bertz CT molecular complexity index is 503. The Morgan fingerprint density at radius 3 is 2.40 bits per heavy atom. The molecule has 2 rings (SSSR count). The fourth-order valence-corrected chi connectivity index (χ4v) is 2.88. The second-order valence-electron chi connectivity index (χ2n) is 5.22. The Morgan fingerprint density at radius 2 is 1.80 bits per heavy atom. The summed E-state index contributed by atoms with van der Waals surface area (Å²) in [5.74, 6) is 0.963. The first-order valence-electron chi connectivity index (χ1n) is 7.43. The fourth-order valence-electron chi connectivity index (χ4n) is 2.59. The van der Waals surface area contributed by atoms with E-state index in [1.54, 1.807) is 0 Å². The molecule has 1 aromatic heterocycles. The Kier molecular flexibility index (Phi) is 5.66. The van der Waals surface area contributed by atoms with Crippen LogP contribution >= 0.6 is 11.6 Å². The molecule has 0 aliphatic carbocycles. The van der Waals surface area contributed by atoms with Crippen LogP contribution in [0.1, 0.15) is 49.9 Å². The number of benzene rings is 1. The van der Waals surface area contributed by atoms with E-state index in [2.05, 4.69) is 55.1 Å². The number of rotatable bonds is 7. The summed E-state index contributed by atoms with van der Waals surface area (Å²) in [5, 5.41) is 4.72. The van der Waals surface area contributed by atoms with Crippen LogP contribution in [-0.4, -0.2) is 15.7 Å². The van der Waals surface area contributed by atoms with E-state index in [1.807, 2.05) is 6.07 Å². The van der Waals surface area contributed by atoms with Crippen molar-refractivity contribution in [2.75, 3.05) is 5.88 Å². The Labute approximate surface area is 126 Å². The van der Waals surface area contributed by atoms with Gasteiger partial charge in [-0.15, -0.1) is 11.6 Å². The highest BCUT2D eigenvalue weighted by Crippen LogP contribution is 2.22. The molecule has 0 saturated heterocycles. The van der Waals surface area contributed by atoms with Crippen LogP contribution in [0.2, 0.25) is 0 Å². The van der Waals surface area contributed by atoms with Crippen molar-refractivity contribution in [1.29, 1.82) is 0 Å². The van der Waals surface area contributed by atoms with Crippen molar-refractivity contribution in [2.24, 2.45) is 0 Å². The van der Waals surface area contributed by atoms with Crippen molar-refractivity contribution >= 4 is 11.6 Å². The summed E-state index contributed by atoms with van der Waals surface area (Å²) in [6, 6.07) is 13.1. The molecule has 0 N–H and O–H groups in total. The van der Waals surface area contributed by atoms with Gasteiger partial charge in [0.1, 0.15) is 0 Å². The quantitative estimate of drug-likeness (QED) is 0.669. The monoisotopic (exact) mass is 290 g/mol. The smallest absolute Gasteiger partial charge is 0.0631 e. The molecule has 0 aliphatic heterocycles. The number of nitrogens with zero attached hydrogens (tertiary/aromatic N) is 2. The van der Waals surface area contributed by atoms with Gasteiger partial charge in [0.15, 0.2) is 0 Å². The van der Waals surface area contributed by atoms with Gasteiger partial charge in [0.05, 0.1) is 11.7 Å². The van der Waals surface area contributed by atoms with Gasteiger partial charge in [0, 0.05) is 18.0 Å². The van der Waals surface area contributed by atoms with Gasteiger partial charge in [0.2, 0.25) is 0 Å². The summed E-state index contributed by atoms with van der Waals surface area (Å²) in [7, 11) is 0. The zero-order valence-electron chi connectivity index (χ0n) is 12.3. The zero-order valence-corrected chi connectivity index (χ0v) is 13.1. The highest BCUT2D eigenvalue weighted by molar-refractivity contribution is 6.18. The second kappa shape index (κ2) is 7.49. The maximum atomic E-state index is 6.14. The third kappa shape index (κ3) is 3.63. The normalized spacial score (nSPS) is 12.8. The van der Waals surface area contributed by atoms with E-state index in [1.165, 1.54) is 5.56 Å². The lowest BCUT2D eigenvalue weighted by atomic mass is 9.96. The van der Waals surface area contributed by atoms with Gasteiger partial charge in [0.25, 0.3) is 0 Å². The average molecular weight is 291 g/mol. The van der Waals surface area contributed by atoms with Gasteiger partial charge in [-0.2, -0.15) is 5.10 Å². The molecule has 1 unspecified atom stereocenters. The van der Waals surface area contributed by atoms with Crippen LogP contribution in [0, 0.1) is 0 Å². The summed E-state index contributed by atoms with van der Waals surface area (Å²) < 4.78 is 2.10. The molecule has 20 heavy (non-hydrogen) atoms. The van der Waals surface area contributed by atoms with Gasteiger partial charge >= 0.3 is 0 Å². The van der Waals surface area contributed by atoms with Crippen LogP contribution in [0.15, 0.2) is 42.6 Å². The minimum atomic E-state index is 0.336. The van der Waals surface area contributed by atoms with E-state index in [4.69, 9.17) is 16.7 Å². The third-order valence-corrected chi connectivity index (χ3v) is 4.27. The summed E-state index contributed by atoms with van der Waals surface area (Å²) >= 11 is 6.14. The van der Waals surface area contributed by atoms with E-state index in [9.17, 15) is 0 Å². The van der Waals surface area contributed by atoms with E-state index >= 15 is 0 Å². The molecule has 0 saturated carbocycles. The molecule has 0 amide bonds. The summed E-state index contributed by atoms with van der Waals surface area (Å²) in [6.45, 7) is 4.42. The summed E-state index contributed by atoms with van der Waals surface area (Å²) in [6.07, 6.45) is 5.24. The number of hydrogen-bond donors (Lipinski definition) is 0. The maximum Gasteiger partial charge on any atom is 0.0631 e.